The maximum Gasteiger partial charge on any atom is 0.264 e. The summed E-state index contributed by atoms with van der Waals surface area (Å²) in [4.78, 5) is 30.2. The molecule has 2 atom stereocenters. The third kappa shape index (κ3) is 8.34. The van der Waals surface area contributed by atoms with Crippen LogP contribution in [0.4, 0.5) is 5.69 Å². The molecule has 0 aliphatic carbocycles. The topological polar surface area (TPSA) is 96.0 Å². The van der Waals surface area contributed by atoms with Gasteiger partial charge in [0.2, 0.25) is 11.8 Å². The Hall–Kier alpha value is -4.63. The lowest BCUT2D eigenvalue weighted by molar-refractivity contribution is -0.140. The third-order valence-electron chi connectivity index (χ3n) is 8.21. The first-order chi connectivity index (χ1) is 22.0. The summed E-state index contributed by atoms with van der Waals surface area (Å²) in [6.45, 7) is 7.20. The van der Waals surface area contributed by atoms with Crippen molar-refractivity contribution in [3.05, 3.63) is 125 Å². The van der Waals surface area contributed by atoms with Crippen molar-refractivity contribution < 1.29 is 22.7 Å². The van der Waals surface area contributed by atoms with Gasteiger partial charge >= 0.3 is 0 Å². The molecule has 0 aromatic heterocycles. The van der Waals surface area contributed by atoms with Gasteiger partial charge in [0, 0.05) is 19.0 Å². The molecule has 0 heterocycles. The Bertz CT molecular complexity index is 1730. The Morgan fingerprint density at radius 3 is 2.13 bits per heavy atom. The quantitative estimate of drug-likeness (QED) is 0.181. The van der Waals surface area contributed by atoms with Crippen molar-refractivity contribution in [3.8, 4) is 5.75 Å². The summed E-state index contributed by atoms with van der Waals surface area (Å²) in [6, 6.07) is 29.2. The number of hydrogen-bond donors (Lipinski definition) is 1. The Morgan fingerprint density at radius 1 is 0.848 bits per heavy atom. The zero-order valence-corrected chi connectivity index (χ0v) is 28.0. The van der Waals surface area contributed by atoms with Crippen LogP contribution >= 0.6 is 0 Å². The summed E-state index contributed by atoms with van der Waals surface area (Å²) in [7, 11) is -2.60. The summed E-state index contributed by atoms with van der Waals surface area (Å²) in [6.07, 6.45) is 0.955. The fourth-order valence-corrected chi connectivity index (χ4v) is 6.69. The smallest absolute Gasteiger partial charge is 0.264 e. The third-order valence-corrected chi connectivity index (χ3v) is 9.99. The molecular weight excluding hydrogens is 598 g/mol. The minimum Gasteiger partial charge on any atom is -0.497 e. The van der Waals surface area contributed by atoms with Gasteiger partial charge < -0.3 is 15.0 Å². The van der Waals surface area contributed by atoms with Gasteiger partial charge in [-0.1, -0.05) is 79.7 Å². The van der Waals surface area contributed by atoms with E-state index in [4.69, 9.17) is 4.74 Å². The second-order valence-electron chi connectivity index (χ2n) is 11.4. The number of benzene rings is 4. The number of hydrogen-bond acceptors (Lipinski definition) is 5. The summed E-state index contributed by atoms with van der Waals surface area (Å²) < 4.78 is 35.1. The van der Waals surface area contributed by atoms with Gasteiger partial charge in [0.05, 0.1) is 17.7 Å². The van der Waals surface area contributed by atoms with E-state index in [2.05, 4.69) is 5.32 Å². The van der Waals surface area contributed by atoms with E-state index >= 15 is 0 Å². The first-order valence-corrected chi connectivity index (χ1v) is 16.9. The number of methoxy groups -OCH3 is 1. The van der Waals surface area contributed by atoms with Crippen LogP contribution < -0.4 is 14.4 Å². The number of carbonyl (C=O) groups is 2. The number of sulfonamides is 1. The molecule has 2 amide bonds. The number of nitrogens with one attached hydrogen (secondary N) is 1. The number of rotatable bonds is 14. The predicted molar refractivity (Wildman–Crippen MR) is 182 cm³/mol. The van der Waals surface area contributed by atoms with Crippen molar-refractivity contribution in [3.63, 3.8) is 0 Å². The van der Waals surface area contributed by atoms with Crippen LogP contribution in [-0.2, 0) is 32.6 Å². The van der Waals surface area contributed by atoms with Gasteiger partial charge in [0.25, 0.3) is 10.0 Å². The minimum absolute atomic E-state index is 0.0630. The monoisotopic (exact) mass is 641 g/mol. The van der Waals surface area contributed by atoms with Gasteiger partial charge in [-0.2, -0.15) is 0 Å². The van der Waals surface area contributed by atoms with Gasteiger partial charge in [0.1, 0.15) is 18.3 Å². The Morgan fingerprint density at radius 2 is 1.48 bits per heavy atom. The largest absolute Gasteiger partial charge is 0.497 e. The second kappa shape index (κ2) is 15.6. The summed E-state index contributed by atoms with van der Waals surface area (Å²) in [5, 5.41) is 3.06. The van der Waals surface area contributed by atoms with Crippen LogP contribution in [0.1, 0.15) is 42.5 Å². The molecule has 0 saturated carbocycles. The van der Waals surface area contributed by atoms with Gasteiger partial charge in [0.15, 0.2) is 0 Å². The molecule has 4 aromatic carbocycles. The number of carbonyl (C=O) groups excluding carboxylic acids is 2. The number of amides is 2. The molecule has 4 aromatic rings. The lowest BCUT2D eigenvalue weighted by Crippen LogP contribution is -2.54. The van der Waals surface area contributed by atoms with E-state index in [1.807, 2.05) is 82.3 Å². The molecule has 0 bridgehead atoms. The molecule has 0 radical (unpaired) electrons. The lowest BCUT2D eigenvalue weighted by atomic mass is 10.0. The van der Waals surface area contributed by atoms with E-state index in [0.29, 0.717) is 17.9 Å². The van der Waals surface area contributed by atoms with Gasteiger partial charge in [-0.05, 0) is 79.8 Å². The lowest BCUT2D eigenvalue weighted by Gasteiger charge is -2.34. The molecule has 1 N–H and O–H groups in total. The summed E-state index contributed by atoms with van der Waals surface area (Å²) in [5.74, 6) is -0.209. The molecule has 46 heavy (non-hydrogen) atoms. The maximum absolute atomic E-state index is 14.7. The molecule has 0 spiro atoms. The molecule has 0 aliphatic heterocycles. The van der Waals surface area contributed by atoms with E-state index in [9.17, 15) is 18.0 Å². The average molecular weight is 642 g/mol. The summed E-state index contributed by atoms with van der Waals surface area (Å²) >= 11 is 0. The van der Waals surface area contributed by atoms with Crippen LogP contribution in [-0.4, -0.2) is 50.9 Å². The fourth-order valence-electron chi connectivity index (χ4n) is 5.20. The van der Waals surface area contributed by atoms with E-state index in [1.165, 1.54) is 17.0 Å². The number of anilines is 1. The first kappa shape index (κ1) is 34.2. The summed E-state index contributed by atoms with van der Waals surface area (Å²) in [5.41, 5.74) is 3.65. The van der Waals surface area contributed by atoms with E-state index < -0.39 is 28.5 Å². The van der Waals surface area contributed by atoms with E-state index in [0.717, 1.165) is 26.6 Å². The molecule has 9 heteroatoms. The molecule has 0 unspecified atom stereocenters. The highest BCUT2D eigenvalue weighted by atomic mass is 32.2. The average Bonchev–Trinajstić information content (AvgIpc) is 3.07. The fraction of sp³-hybridized carbons (Fsp3) is 0.297. The minimum atomic E-state index is -4.17. The van der Waals surface area contributed by atoms with Crippen molar-refractivity contribution in [2.24, 2.45) is 0 Å². The maximum atomic E-state index is 14.7. The van der Waals surface area contributed by atoms with Crippen LogP contribution in [0.25, 0.3) is 0 Å². The van der Waals surface area contributed by atoms with Gasteiger partial charge in [-0.3, -0.25) is 13.9 Å². The van der Waals surface area contributed by atoms with Crippen molar-refractivity contribution in [2.75, 3.05) is 18.0 Å². The van der Waals surface area contributed by atoms with E-state index in [-0.39, 0.29) is 29.8 Å². The Kier molecular flexibility index (Phi) is 11.6. The van der Waals surface area contributed by atoms with Crippen LogP contribution in [0.15, 0.2) is 108 Å². The standard InChI is InChI=1S/C37H43N3O5S/c1-6-28(3)38-37(42)35(24-30-16-9-7-10-17-30)39(25-31-18-14-19-32(23-31)45-5)36(41)26-40(34-22-13-15-27(2)29(34)4)46(43,44)33-20-11-8-12-21-33/h7-23,28,35H,6,24-26H2,1-5H3,(H,38,42)/t28-,35+/m1/s1. The molecule has 242 valence electrons. The van der Waals surface area contributed by atoms with Crippen LogP contribution in [0.2, 0.25) is 0 Å². The molecule has 0 aliphatic rings. The SMILES string of the molecule is CC[C@@H](C)NC(=O)[C@H](Cc1ccccc1)N(Cc1cccc(OC)c1)C(=O)CN(c1cccc(C)c1C)S(=O)(=O)c1ccccc1. The van der Waals surface area contributed by atoms with Crippen LogP contribution in [0.3, 0.4) is 0 Å². The van der Waals surface area contributed by atoms with Crippen molar-refractivity contribution in [1.29, 1.82) is 0 Å². The molecule has 0 fully saturated rings. The molecule has 4 rings (SSSR count). The highest BCUT2D eigenvalue weighted by Crippen LogP contribution is 2.29. The normalized spacial score (nSPS) is 12.5. The first-order valence-electron chi connectivity index (χ1n) is 15.5. The van der Waals surface area contributed by atoms with Gasteiger partial charge in [-0.15, -0.1) is 0 Å². The molecular formula is C37H43N3O5S. The number of aryl methyl sites for hydroxylation is 1. The van der Waals surface area contributed by atoms with Gasteiger partial charge in [-0.25, -0.2) is 8.42 Å². The highest BCUT2D eigenvalue weighted by molar-refractivity contribution is 7.92. The Labute approximate surface area is 273 Å². The predicted octanol–water partition coefficient (Wildman–Crippen LogP) is 6.06. The zero-order valence-electron chi connectivity index (χ0n) is 27.1. The second-order valence-corrected chi connectivity index (χ2v) is 13.3. The van der Waals surface area contributed by atoms with Crippen LogP contribution in [0, 0.1) is 13.8 Å². The van der Waals surface area contributed by atoms with Crippen molar-refractivity contribution in [1.82, 2.24) is 10.2 Å². The number of ether oxygens (including phenoxy) is 1. The van der Waals surface area contributed by atoms with Crippen LogP contribution in [0.5, 0.6) is 5.75 Å². The molecule has 0 saturated heterocycles. The van der Waals surface area contributed by atoms with Crippen molar-refractivity contribution in [2.45, 2.75) is 64.1 Å². The number of nitrogens with zero attached hydrogens (tertiary/aromatic N) is 2. The van der Waals surface area contributed by atoms with Crippen molar-refractivity contribution >= 4 is 27.5 Å². The highest BCUT2D eigenvalue weighted by Gasteiger charge is 2.35. The molecule has 8 nitrogen and oxygen atoms in total. The van der Waals surface area contributed by atoms with E-state index in [1.54, 1.807) is 43.5 Å². The Balaban J connectivity index is 1.84. The zero-order chi connectivity index (χ0) is 33.3.